The number of esters is 1. The van der Waals surface area contributed by atoms with Crippen LogP contribution in [0.4, 0.5) is 17.6 Å². The van der Waals surface area contributed by atoms with Crippen molar-refractivity contribution >= 4 is 12.0 Å². The van der Waals surface area contributed by atoms with Gasteiger partial charge in [0.2, 0.25) is 0 Å². The summed E-state index contributed by atoms with van der Waals surface area (Å²) in [5.74, 6) is -10.1. The summed E-state index contributed by atoms with van der Waals surface area (Å²) in [4.78, 5) is 11.0. The van der Waals surface area contributed by atoms with Gasteiger partial charge in [-0.2, -0.15) is 17.6 Å². The molecule has 0 aromatic heterocycles. The van der Waals surface area contributed by atoms with E-state index in [1.54, 1.807) is 18.2 Å². The first-order valence-corrected chi connectivity index (χ1v) is 5.98. The van der Waals surface area contributed by atoms with Crippen LogP contribution in [0.5, 0.6) is 0 Å². The number of rotatable bonds is 6. The SMILES string of the molecule is C=C(C)C(=O)OCC(F)(F)C(F)(F)C=Cc1ccccc1. The second kappa shape index (κ2) is 6.56. The number of carbonyl (C=O) groups is 1. The third-order valence-electron chi connectivity index (χ3n) is 2.51. The lowest BCUT2D eigenvalue weighted by molar-refractivity contribution is -0.207. The number of benzene rings is 1. The van der Waals surface area contributed by atoms with Crippen molar-refractivity contribution < 1.29 is 27.1 Å². The lowest BCUT2D eigenvalue weighted by Crippen LogP contribution is -2.43. The van der Waals surface area contributed by atoms with Gasteiger partial charge in [-0.1, -0.05) is 43.0 Å². The topological polar surface area (TPSA) is 26.3 Å². The Kier molecular flexibility index (Phi) is 5.29. The number of allylic oxidation sites excluding steroid dienone is 1. The third-order valence-corrected chi connectivity index (χ3v) is 2.51. The monoisotopic (exact) mass is 302 g/mol. The summed E-state index contributed by atoms with van der Waals surface area (Å²) in [6.45, 7) is 2.69. The van der Waals surface area contributed by atoms with E-state index >= 15 is 0 Å². The zero-order chi connectivity index (χ0) is 16.1. The van der Waals surface area contributed by atoms with Crippen molar-refractivity contribution in [3.05, 3.63) is 54.1 Å². The molecule has 1 aromatic carbocycles. The average molecular weight is 302 g/mol. The first-order valence-electron chi connectivity index (χ1n) is 5.98. The minimum absolute atomic E-state index is 0.0942. The van der Waals surface area contributed by atoms with Gasteiger partial charge in [0.15, 0.2) is 6.61 Å². The van der Waals surface area contributed by atoms with Crippen molar-refractivity contribution in [3.8, 4) is 0 Å². The Labute approximate surface area is 119 Å². The predicted octanol–water partition coefficient (Wildman–Crippen LogP) is 4.09. The van der Waals surface area contributed by atoms with E-state index < -0.39 is 24.4 Å². The molecule has 0 saturated carbocycles. The van der Waals surface area contributed by atoms with Gasteiger partial charge >= 0.3 is 17.8 Å². The van der Waals surface area contributed by atoms with E-state index in [-0.39, 0.29) is 11.6 Å². The van der Waals surface area contributed by atoms with E-state index in [1.165, 1.54) is 19.1 Å². The van der Waals surface area contributed by atoms with Gasteiger partial charge in [0.25, 0.3) is 0 Å². The fraction of sp³-hybridized carbons (Fsp3) is 0.267. The standard InChI is InChI=1S/C15H14F4O2/c1-11(2)13(20)21-10-15(18,19)14(16,17)9-8-12-6-4-3-5-7-12/h3-9H,1,10H2,2H3. The van der Waals surface area contributed by atoms with Crippen LogP contribution in [-0.4, -0.2) is 24.4 Å². The van der Waals surface area contributed by atoms with Crippen LogP contribution in [0.2, 0.25) is 0 Å². The van der Waals surface area contributed by atoms with E-state index in [0.717, 1.165) is 6.08 Å². The van der Waals surface area contributed by atoms with Crippen molar-refractivity contribution in [1.82, 2.24) is 0 Å². The maximum atomic E-state index is 13.5. The van der Waals surface area contributed by atoms with E-state index in [2.05, 4.69) is 11.3 Å². The van der Waals surface area contributed by atoms with Gasteiger partial charge in [-0.25, -0.2) is 4.79 Å². The highest BCUT2D eigenvalue weighted by atomic mass is 19.3. The normalized spacial score (nSPS) is 12.4. The summed E-state index contributed by atoms with van der Waals surface area (Å²) in [7, 11) is 0. The van der Waals surface area contributed by atoms with Crippen LogP contribution in [0.1, 0.15) is 12.5 Å². The highest BCUT2D eigenvalue weighted by Crippen LogP contribution is 2.36. The van der Waals surface area contributed by atoms with E-state index in [4.69, 9.17) is 0 Å². The van der Waals surface area contributed by atoms with Crippen LogP contribution in [-0.2, 0) is 9.53 Å². The van der Waals surface area contributed by atoms with Crippen LogP contribution < -0.4 is 0 Å². The predicted molar refractivity (Wildman–Crippen MR) is 71.1 cm³/mol. The van der Waals surface area contributed by atoms with Gasteiger partial charge in [-0.3, -0.25) is 0 Å². The van der Waals surface area contributed by atoms with Crippen LogP contribution >= 0.6 is 0 Å². The number of hydrogen-bond acceptors (Lipinski definition) is 2. The van der Waals surface area contributed by atoms with Crippen LogP contribution in [0, 0.1) is 0 Å². The fourth-order valence-electron chi connectivity index (χ4n) is 1.26. The van der Waals surface area contributed by atoms with Crippen LogP contribution in [0.15, 0.2) is 48.6 Å². The molecule has 114 valence electrons. The summed E-state index contributed by atoms with van der Waals surface area (Å²) < 4.78 is 57.9. The molecule has 0 aliphatic carbocycles. The molecular weight excluding hydrogens is 288 g/mol. The van der Waals surface area contributed by atoms with Crippen molar-refractivity contribution in [2.45, 2.75) is 18.8 Å². The number of halogens is 4. The minimum Gasteiger partial charge on any atom is -0.456 e. The molecule has 6 heteroatoms. The first-order chi connectivity index (χ1) is 9.66. The molecule has 0 fully saturated rings. The maximum Gasteiger partial charge on any atom is 0.347 e. The van der Waals surface area contributed by atoms with E-state index in [0.29, 0.717) is 5.56 Å². The molecule has 0 aliphatic heterocycles. The molecule has 1 aromatic rings. The Morgan fingerprint density at radius 1 is 1.24 bits per heavy atom. The highest BCUT2D eigenvalue weighted by molar-refractivity contribution is 5.86. The maximum absolute atomic E-state index is 13.5. The lowest BCUT2D eigenvalue weighted by Gasteiger charge is -2.23. The van der Waals surface area contributed by atoms with E-state index in [9.17, 15) is 22.4 Å². The molecule has 2 nitrogen and oxygen atoms in total. The Morgan fingerprint density at radius 2 is 1.81 bits per heavy atom. The minimum atomic E-state index is -4.51. The quantitative estimate of drug-likeness (QED) is 0.449. The highest BCUT2D eigenvalue weighted by Gasteiger charge is 2.55. The average Bonchev–Trinajstić information content (AvgIpc) is 2.43. The Hall–Kier alpha value is -2.11. The Bertz CT molecular complexity index is 536. The number of ether oxygens (including phenoxy) is 1. The smallest absolute Gasteiger partial charge is 0.347 e. The molecule has 0 radical (unpaired) electrons. The number of hydrogen-bond donors (Lipinski definition) is 0. The van der Waals surface area contributed by atoms with Gasteiger partial charge in [0.05, 0.1) is 0 Å². The van der Waals surface area contributed by atoms with Gasteiger partial charge < -0.3 is 4.74 Å². The Balaban J connectivity index is 2.77. The third kappa shape index (κ3) is 4.73. The molecule has 0 aliphatic rings. The largest absolute Gasteiger partial charge is 0.456 e. The number of alkyl halides is 4. The molecule has 0 heterocycles. The first kappa shape index (κ1) is 16.9. The second-order valence-electron chi connectivity index (χ2n) is 4.43. The second-order valence-corrected chi connectivity index (χ2v) is 4.43. The Morgan fingerprint density at radius 3 is 2.33 bits per heavy atom. The molecular formula is C15H14F4O2. The molecule has 0 spiro atoms. The van der Waals surface area contributed by atoms with Crippen molar-refractivity contribution in [3.63, 3.8) is 0 Å². The zero-order valence-electron chi connectivity index (χ0n) is 11.3. The molecule has 1 rings (SSSR count). The molecule has 0 N–H and O–H groups in total. The summed E-state index contributed by atoms with van der Waals surface area (Å²) >= 11 is 0. The van der Waals surface area contributed by atoms with Crippen molar-refractivity contribution in [2.75, 3.05) is 6.61 Å². The van der Waals surface area contributed by atoms with Crippen molar-refractivity contribution in [1.29, 1.82) is 0 Å². The molecule has 0 atom stereocenters. The molecule has 0 bridgehead atoms. The lowest BCUT2D eigenvalue weighted by atomic mass is 10.1. The number of carbonyl (C=O) groups excluding carboxylic acids is 1. The summed E-state index contributed by atoms with van der Waals surface area (Å²) in [5.41, 5.74) is 0.209. The van der Waals surface area contributed by atoms with Gasteiger partial charge in [0, 0.05) is 5.57 Å². The van der Waals surface area contributed by atoms with Crippen LogP contribution in [0.25, 0.3) is 6.08 Å². The summed E-state index contributed by atoms with van der Waals surface area (Å²) in [6.07, 6.45) is 0.978. The molecule has 0 saturated heterocycles. The molecule has 21 heavy (non-hydrogen) atoms. The molecule has 0 amide bonds. The van der Waals surface area contributed by atoms with Crippen molar-refractivity contribution in [2.24, 2.45) is 0 Å². The van der Waals surface area contributed by atoms with Crippen LogP contribution in [0.3, 0.4) is 0 Å². The van der Waals surface area contributed by atoms with Gasteiger partial charge in [-0.15, -0.1) is 0 Å². The van der Waals surface area contributed by atoms with Gasteiger partial charge in [0.1, 0.15) is 0 Å². The summed E-state index contributed by atoms with van der Waals surface area (Å²) in [5, 5.41) is 0. The van der Waals surface area contributed by atoms with E-state index in [1.807, 2.05) is 0 Å². The zero-order valence-corrected chi connectivity index (χ0v) is 11.3. The van der Waals surface area contributed by atoms with Gasteiger partial charge in [-0.05, 0) is 18.6 Å². The fourth-order valence-corrected chi connectivity index (χ4v) is 1.26. The summed E-state index contributed by atoms with van der Waals surface area (Å²) in [6, 6.07) is 7.83. The molecule has 0 unspecified atom stereocenters.